The summed E-state index contributed by atoms with van der Waals surface area (Å²) in [5.41, 5.74) is -1.33. The van der Waals surface area contributed by atoms with E-state index in [1.807, 2.05) is 0 Å². The molecule has 0 aromatic rings. The largest absolute Gasteiger partial charge is 0.479 e. The molecule has 156 valence electrons. The van der Waals surface area contributed by atoms with Gasteiger partial charge in [-0.1, -0.05) is 27.7 Å². The summed E-state index contributed by atoms with van der Waals surface area (Å²) in [5.74, 6) is -1.07. The van der Waals surface area contributed by atoms with Gasteiger partial charge in [0.25, 0.3) is 0 Å². The first-order valence-electron chi connectivity index (χ1n) is 10.1. The Labute approximate surface area is 166 Å². The van der Waals surface area contributed by atoms with Crippen molar-refractivity contribution in [2.45, 2.75) is 110 Å². The standard InChI is InChI=1S/C12H23NOSi.C9H16O3/c1-11(2)6-8-12(10-13,9-7-11)14-15(3,4)5;1-8(2)3-5-9(12,6-4-8)7(10)11/h6-9H2,1-5H3;12H,3-6H2,1-2H3,(H,10,11). The number of nitriles is 1. The molecule has 0 spiro atoms. The molecule has 0 saturated heterocycles. The number of nitrogens with zero attached hydrogens (tertiary/aromatic N) is 1. The average molecular weight is 398 g/mol. The molecule has 2 fully saturated rings. The molecule has 0 amide bonds. The lowest BCUT2D eigenvalue weighted by Crippen LogP contribution is -2.45. The minimum atomic E-state index is -1.61. The first-order chi connectivity index (χ1) is 12.0. The number of aliphatic hydroxyl groups is 1. The van der Waals surface area contributed by atoms with Gasteiger partial charge in [-0.15, -0.1) is 0 Å². The second kappa shape index (κ2) is 8.22. The van der Waals surface area contributed by atoms with Crippen LogP contribution in [0.1, 0.15) is 79.1 Å². The predicted octanol–water partition coefficient (Wildman–Crippen LogP) is 5.10. The second-order valence-corrected chi connectivity index (χ2v) is 15.4. The maximum absolute atomic E-state index is 10.6. The highest BCUT2D eigenvalue weighted by molar-refractivity contribution is 6.69. The first kappa shape index (κ1) is 24.1. The predicted molar refractivity (Wildman–Crippen MR) is 110 cm³/mol. The molecule has 0 aromatic heterocycles. The van der Waals surface area contributed by atoms with Crippen LogP contribution in [0.5, 0.6) is 0 Å². The van der Waals surface area contributed by atoms with Crippen LogP contribution < -0.4 is 0 Å². The van der Waals surface area contributed by atoms with Gasteiger partial charge < -0.3 is 14.6 Å². The van der Waals surface area contributed by atoms with E-state index in [0.717, 1.165) is 38.5 Å². The number of rotatable bonds is 3. The molecule has 2 aliphatic carbocycles. The number of carbonyl (C=O) groups is 1. The van der Waals surface area contributed by atoms with Crippen LogP contribution in [0.2, 0.25) is 19.6 Å². The highest BCUT2D eigenvalue weighted by Crippen LogP contribution is 2.43. The SMILES string of the molecule is CC1(C)CCC(C#N)(O[Si](C)(C)C)CC1.CC1(C)CCC(O)(C(=O)O)CC1. The zero-order chi connectivity index (χ0) is 21.1. The summed E-state index contributed by atoms with van der Waals surface area (Å²) in [4.78, 5) is 10.6. The Kier molecular flexibility index (Phi) is 7.35. The van der Waals surface area contributed by atoms with Crippen molar-refractivity contribution in [2.75, 3.05) is 0 Å². The van der Waals surface area contributed by atoms with Crippen LogP contribution in [-0.2, 0) is 9.22 Å². The smallest absolute Gasteiger partial charge is 0.335 e. The molecular formula is C21H39NO4Si. The van der Waals surface area contributed by atoms with Crippen molar-refractivity contribution in [3.8, 4) is 6.07 Å². The van der Waals surface area contributed by atoms with Crippen LogP contribution >= 0.6 is 0 Å². The summed E-state index contributed by atoms with van der Waals surface area (Å²) in [6, 6.07) is 2.42. The summed E-state index contributed by atoms with van der Waals surface area (Å²) < 4.78 is 6.09. The van der Waals surface area contributed by atoms with Crippen molar-refractivity contribution < 1.29 is 19.4 Å². The molecule has 0 aliphatic heterocycles. The molecule has 27 heavy (non-hydrogen) atoms. The number of carboxylic acids is 1. The van der Waals surface area contributed by atoms with E-state index < -0.39 is 25.5 Å². The number of aliphatic carboxylic acids is 1. The fourth-order valence-corrected chi connectivity index (χ4v) is 5.13. The van der Waals surface area contributed by atoms with Gasteiger partial charge in [0, 0.05) is 0 Å². The number of carboxylic acid groups (broad SMARTS) is 1. The van der Waals surface area contributed by atoms with Gasteiger partial charge in [-0.3, -0.25) is 0 Å². The average Bonchev–Trinajstić information content (AvgIpc) is 2.52. The van der Waals surface area contributed by atoms with Crippen molar-refractivity contribution in [3.05, 3.63) is 0 Å². The van der Waals surface area contributed by atoms with Crippen LogP contribution in [0.4, 0.5) is 0 Å². The molecular weight excluding hydrogens is 358 g/mol. The lowest BCUT2D eigenvalue weighted by atomic mass is 9.71. The molecule has 2 saturated carbocycles. The van der Waals surface area contributed by atoms with E-state index in [0.29, 0.717) is 18.3 Å². The highest BCUT2D eigenvalue weighted by atomic mass is 28.4. The van der Waals surface area contributed by atoms with E-state index >= 15 is 0 Å². The monoisotopic (exact) mass is 397 g/mol. The highest BCUT2D eigenvalue weighted by Gasteiger charge is 2.43. The van der Waals surface area contributed by atoms with Gasteiger partial charge in [0.05, 0.1) is 6.07 Å². The van der Waals surface area contributed by atoms with Gasteiger partial charge in [-0.2, -0.15) is 5.26 Å². The van der Waals surface area contributed by atoms with Gasteiger partial charge in [-0.05, 0) is 81.8 Å². The van der Waals surface area contributed by atoms with Gasteiger partial charge >= 0.3 is 5.97 Å². The van der Waals surface area contributed by atoms with Crippen LogP contribution in [0.25, 0.3) is 0 Å². The summed E-state index contributed by atoms with van der Waals surface area (Å²) in [5, 5.41) is 27.6. The van der Waals surface area contributed by atoms with Gasteiger partial charge in [0.1, 0.15) is 5.60 Å². The van der Waals surface area contributed by atoms with E-state index in [-0.39, 0.29) is 5.41 Å². The molecule has 2 N–H and O–H groups in total. The van der Waals surface area contributed by atoms with E-state index in [2.05, 4.69) is 53.4 Å². The molecule has 5 nitrogen and oxygen atoms in total. The van der Waals surface area contributed by atoms with Gasteiger partial charge in [-0.25, -0.2) is 4.79 Å². The molecule has 0 heterocycles. The Morgan fingerprint density at radius 2 is 1.26 bits per heavy atom. The molecule has 0 unspecified atom stereocenters. The zero-order valence-corrected chi connectivity index (χ0v) is 19.3. The lowest BCUT2D eigenvalue weighted by molar-refractivity contribution is -0.164. The normalized spacial score (nSPS) is 25.4. The molecule has 0 aromatic carbocycles. The van der Waals surface area contributed by atoms with Crippen molar-refractivity contribution in [1.29, 1.82) is 5.26 Å². The topological polar surface area (TPSA) is 90.5 Å². The Balaban J connectivity index is 0.000000277. The second-order valence-electron chi connectivity index (χ2n) is 11.0. The molecule has 2 rings (SSSR count). The van der Waals surface area contributed by atoms with E-state index in [4.69, 9.17) is 9.53 Å². The third-order valence-corrected chi connectivity index (χ3v) is 6.95. The summed E-state index contributed by atoms with van der Waals surface area (Å²) in [6.45, 7) is 15.2. The first-order valence-corrected chi connectivity index (χ1v) is 13.5. The van der Waals surface area contributed by atoms with Crippen molar-refractivity contribution in [2.24, 2.45) is 10.8 Å². The third-order valence-electron chi connectivity index (χ3n) is 5.95. The molecule has 0 atom stereocenters. The van der Waals surface area contributed by atoms with Crippen LogP contribution in [0, 0.1) is 22.2 Å². The van der Waals surface area contributed by atoms with E-state index in [1.165, 1.54) is 0 Å². The van der Waals surface area contributed by atoms with Crippen molar-refractivity contribution in [1.82, 2.24) is 0 Å². The van der Waals surface area contributed by atoms with Gasteiger partial charge in [0.15, 0.2) is 13.9 Å². The van der Waals surface area contributed by atoms with Gasteiger partial charge in [0.2, 0.25) is 0 Å². The Bertz CT molecular complexity index is 552. The van der Waals surface area contributed by atoms with E-state index in [9.17, 15) is 15.2 Å². The molecule has 6 heteroatoms. The van der Waals surface area contributed by atoms with Crippen molar-refractivity contribution in [3.63, 3.8) is 0 Å². The fraction of sp³-hybridized carbons (Fsp3) is 0.905. The molecule has 2 aliphatic rings. The van der Waals surface area contributed by atoms with Crippen LogP contribution in [0.3, 0.4) is 0 Å². The summed E-state index contributed by atoms with van der Waals surface area (Å²) >= 11 is 0. The summed E-state index contributed by atoms with van der Waals surface area (Å²) in [7, 11) is -1.61. The lowest BCUT2D eigenvalue weighted by Gasteiger charge is -2.42. The molecule has 0 radical (unpaired) electrons. The molecule has 0 bridgehead atoms. The Morgan fingerprint density at radius 3 is 1.56 bits per heavy atom. The van der Waals surface area contributed by atoms with Crippen molar-refractivity contribution >= 4 is 14.3 Å². The van der Waals surface area contributed by atoms with Crippen LogP contribution in [-0.4, -0.2) is 35.7 Å². The quantitative estimate of drug-likeness (QED) is 0.646. The maximum Gasteiger partial charge on any atom is 0.335 e. The Morgan fingerprint density at radius 1 is 0.889 bits per heavy atom. The maximum atomic E-state index is 10.6. The Hall–Kier alpha value is -0.903. The number of hydrogen-bond donors (Lipinski definition) is 2. The van der Waals surface area contributed by atoms with Crippen LogP contribution in [0.15, 0.2) is 0 Å². The van der Waals surface area contributed by atoms with E-state index in [1.54, 1.807) is 0 Å². The fourth-order valence-electron chi connectivity index (χ4n) is 3.71. The zero-order valence-electron chi connectivity index (χ0n) is 18.3. The summed E-state index contributed by atoms with van der Waals surface area (Å²) in [6.07, 6.45) is 6.36. The minimum absolute atomic E-state index is 0.196. The number of hydrogen-bond acceptors (Lipinski definition) is 4. The minimum Gasteiger partial charge on any atom is -0.479 e. The third kappa shape index (κ3) is 7.55.